The SMILES string of the molecule is O=C(/C(=C(\[O-])C(F)(F)F)[n+]1ccccc1)C(F)(F)F. The molecule has 3 nitrogen and oxygen atoms in total. The Bertz CT molecular complexity index is 503. The Kier molecular flexibility index (Phi) is 3.87. The Morgan fingerprint density at radius 3 is 1.74 bits per heavy atom. The zero-order valence-electron chi connectivity index (χ0n) is 8.92. The highest BCUT2D eigenvalue weighted by Crippen LogP contribution is 2.28. The third-order valence-corrected chi connectivity index (χ3v) is 1.92. The van der Waals surface area contributed by atoms with E-state index in [0.29, 0.717) is 0 Å². The molecule has 0 aliphatic carbocycles. The predicted octanol–water partition coefficient (Wildman–Crippen LogP) is 1.20. The van der Waals surface area contributed by atoms with Gasteiger partial charge >= 0.3 is 18.1 Å². The van der Waals surface area contributed by atoms with Crippen LogP contribution in [-0.4, -0.2) is 18.1 Å². The quantitative estimate of drug-likeness (QED) is 0.355. The summed E-state index contributed by atoms with van der Waals surface area (Å²) < 4.78 is 73.6. The van der Waals surface area contributed by atoms with E-state index in [4.69, 9.17) is 0 Å². The van der Waals surface area contributed by atoms with E-state index in [1.807, 2.05) is 0 Å². The van der Waals surface area contributed by atoms with Gasteiger partial charge in [0, 0.05) is 12.1 Å². The Labute approximate surface area is 102 Å². The van der Waals surface area contributed by atoms with E-state index in [0.717, 1.165) is 24.5 Å². The van der Waals surface area contributed by atoms with Crippen LogP contribution in [0.4, 0.5) is 26.3 Å². The first-order chi connectivity index (χ1) is 8.55. The highest BCUT2D eigenvalue weighted by atomic mass is 19.4. The molecule has 0 bridgehead atoms. The summed E-state index contributed by atoms with van der Waals surface area (Å²) in [5, 5.41) is 10.9. The van der Waals surface area contributed by atoms with Gasteiger partial charge in [-0.15, -0.1) is 0 Å². The maximum Gasteiger partial charge on any atom is 0.461 e. The van der Waals surface area contributed by atoms with E-state index in [9.17, 15) is 36.2 Å². The van der Waals surface area contributed by atoms with Crippen LogP contribution in [0.25, 0.3) is 5.70 Å². The molecule has 0 atom stereocenters. The maximum absolute atomic E-state index is 12.2. The van der Waals surface area contributed by atoms with Crippen molar-refractivity contribution in [2.24, 2.45) is 0 Å². The first-order valence-electron chi connectivity index (χ1n) is 4.62. The van der Waals surface area contributed by atoms with Crippen molar-refractivity contribution in [3.05, 3.63) is 36.4 Å². The van der Waals surface area contributed by atoms with Gasteiger partial charge in [-0.2, -0.15) is 30.9 Å². The third-order valence-electron chi connectivity index (χ3n) is 1.92. The minimum absolute atomic E-state index is 0.186. The van der Waals surface area contributed by atoms with Crippen molar-refractivity contribution in [2.45, 2.75) is 12.4 Å². The number of carbonyl (C=O) groups is 1. The molecule has 0 saturated carbocycles. The molecule has 9 heteroatoms. The van der Waals surface area contributed by atoms with Crippen LogP contribution in [0.5, 0.6) is 0 Å². The van der Waals surface area contributed by atoms with Crippen molar-refractivity contribution in [2.75, 3.05) is 0 Å². The number of nitrogens with zero attached hydrogens (tertiary/aromatic N) is 1. The van der Waals surface area contributed by atoms with Gasteiger partial charge in [0.25, 0.3) is 5.70 Å². The molecular weight excluding hydrogens is 280 g/mol. The summed E-state index contributed by atoms with van der Waals surface area (Å²) in [6.07, 6.45) is -9.69. The number of alkyl halides is 6. The Morgan fingerprint density at radius 2 is 1.37 bits per heavy atom. The van der Waals surface area contributed by atoms with Crippen LogP contribution < -0.4 is 9.67 Å². The predicted molar refractivity (Wildman–Crippen MR) is 47.0 cm³/mol. The number of aromatic nitrogens is 1. The number of halogens is 6. The third kappa shape index (κ3) is 3.46. The van der Waals surface area contributed by atoms with E-state index in [1.165, 1.54) is 6.07 Å². The summed E-state index contributed by atoms with van der Waals surface area (Å²) >= 11 is 0. The van der Waals surface area contributed by atoms with Crippen molar-refractivity contribution in [1.82, 2.24) is 0 Å². The average molecular weight is 285 g/mol. The van der Waals surface area contributed by atoms with Gasteiger partial charge in [0.05, 0.1) is 5.76 Å². The molecule has 0 fully saturated rings. The van der Waals surface area contributed by atoms with E-state index < -0.39 is 29.6 Å². The monoisotopic (exact) mass is 285 g/mol. The van der Waals surface area contributed by atoms with Crippen molar-refractivity contribution in [1.29, 1.82) is 0 Å². The van der Waals surface area contributed by atoms with Crippen LogP contribution >= 0.6 is 0 Å². The molecule has 1 aromatic heterocycles. The number of ketones is 1. The minimum Gasteiger partial charge on any atom is -0.865 e. The first kappa shape index (κ1) is 15.0. The van der Waals surface area contributed by atoms with Gasteiger partial charge in [-0.1, -0.05) is 6.07 Å². The molecule has 0 aliphatic rings. The Morgan fingerprint density at radius 1 is 0.895 bits per heavy atom. The molecule has 0 aliphatic heterocycles. The summed E-state index contributed by atoms with van der Waals surface area (Å²) in [6, 6.07) is 3.45. The largest absolute Gasteiger partial charge is 0.865 e. The molecular formula is C10H5F6NO2. The first-order valence-corrected chi connectivity index (χ1v) is 4.62. The van der Waals surface area contributed by atoms with Gasteiger partial charge in [0.2, 0.25) is 0 Å². The molecule has 1 aromatic rings. The second-order valence-electron chi connectivity index (χ2n) is 3.29. The number of carbonyl (C=O) groups excluding carboxylic acids is 1. The normalized spacial score (nSPS) is 14.0. The van der Waals surface area contributed by atoms with E-state index in [1.54, 1.807) is 0 Å². The number of hydrogen-bond acceptors (Lipinski definition) is 2. The molecule has 104 valence electrons. The lowest BCUT2D eigenvalue weighted by Gasteiger charge is -2.17. The lowest BCUT2D eigenvalue weighted by molar-refractivity contribution is -0.585. The number of allylic oxidation sites excluding steroid dienone is 2. The standard InChI is InChI=1S/C10H5F6NO2/c11-9(12,13)7(18)6(8(19)10(14,15)16)17-4-2-1-3-5-17/h1-5H. The van der Waals surface area contributed by atoms with Crippen molar-refractivity contribution < 1.29 is 40.8 Å². The molecule has 0 saturated heterocycles. The molecule has 0 aromatic carbocycles. The van der Waals surface area contributed by atoms with E-state index in [-0.39, 0.29) is 4.57 Å². The minimum atomic E-state index is -5.58. The molecule has 1 rings (SSSR count). The van der Waals surface area contributed by atoms with Crippen LogP contribution in [-0.2, 0) is 4.79 Å². The maximum atomic E-state index is 12.2. The molecule has 0 amide bonds. The fourth-order valence-corrected chi connectivity index (χ4v) is 1.15. The molecule has 19 heavy (non-hydrogen) atoms. The number of hydrogen-bond donors (Lipinski definition) is 0. The highest BCUT2D eigenvalue weighted by molar-refractivity contribution is 6.15. The molecule has 0 radical (unpaired) electrons. The summed E-state index contributed by atoms with van der Waals surface area (Å²) in [6.45, 7) is 0. The smallest absolute Gasteiger partial charge is 0.461 e. The Hall–Kier alpha value is -2.06. The molecule has 0 spiro atoms. The molecule has 0 N–H and O–H groups in total. The lowest BCUT2D eigenvalue weighted by atomic mass is 10.2. The number of pyridine rings is 1. The van der Waals surface area contributed by atoms with E-state index >= 15 is 0 Å². The van der Waals surface area contributed by atoms with E-state index in [2.05, 4.69) is 0 Å². The van der Waals surface area contributed by atoms with Gasteiger partial charge in [-0.05, 0) is 0 Å². The summed E-state index contributed by atoms with van der Waals surface area (Å²) in [4.78, 5) is 10.9. The van der Waals surface area contributed by atoms with Gasteiger partial charge < -0.3 is 5.11 Å². The van der Waals surface area contributed by atoms with Gasteiger partial charge in [-0.25, -0.2) is 0 Å². The number of rotatable bonds is 2. The average Bonchev–Trinajstić information content (AvgIpc) is 2.28. The topological polar surface area (TPSA) is 44.0 Å². The van der Waals surface area contributed by atoms with Gasteiger partial charge in [0.1, 0.15) is 0 Å². The zero-order valence-corrected chi connectivity index (χ0v) is 8.92. The second-order valence-corrected chi connectivity index (χ2v) is 3.29. The van der Waals surface area contributed by atoms with Gasteiger partial charge in [-0.3, -0.25) is 4.79 Å². The molecule has 0 unspecified atom stereocenters. The van der Waals surface area contributed by atoms with Crippen LogP contribution in [0.1, 0.15) is 0 Å². The summed E-state index contributed by atoms with van der Waals surface area (Å²) in [5.74, 6) is -5.71. The van der Waals surface area contributed by atoms with Crippen LogP contribution in [0.15, 0.2) is 36.4 Å². The van der Waals surface area contributed by atoms with Crippen molar-refractivity contribution >= 4 is 11.5 Å². The summed E-state index contributed by atoms with van der Waals surface area (Å²) in [7, 11) is 0. The lowest BCUT2D eigenvalue weighted by Crippen LogP contribution is -2.45. The zero-order chi connectivity index (χ0) is 14.8. The second kappa shape index (κ2) is 4.90. The van der Waals surface area contributed by atoms with Crippen LogP contribution in [0.2, 0.25) is 0 Å². The van der Waals surface area contributed by atoms with Crippen LogP contribution in [0.3, 0.4) is 0 Å². The fraction of sp³-hybridized carbons (Fsp3) is 0.200. The Balaban J connectivity index is 3.50. The van der Waals surface area contributed by atoms with Gasteiger partial charge in [0.15, 0.2) is 12.4 Å². The van der Waals surface area contributed by atoms with Crippen LogP contribution in [0, 0.1) is 0 Å². The van der Waals surface area contributed by atoms with Crippen molar-refractivity contribution in [3.63, 3.8) is 0 Å². The number of Topliss-reactive ketones (excluding diaryl/α,β-unsaturated/α-hetero) is 1. The summed E-state index contributed by atoms with van der Waals surface area (Å²) in [5.41, 5.74) is -2.01. The fourth-order valence-electron chi connectivity index (χ4n) is 1.15. The van der Waals surface area contributed by atoms with Crippen molar-refractivity contribution in [3.8, 4) is 0 Å². The highest BCUT2D eigenvalue weighted by Gasteiger charge is 2.48. The molecule has 1 heterocycles.